The molecule has 8 nitrogen and oxygen atoms in total. The van der Waals surface area contributed by atoms with Crippen LogP contribution in [0.15, 0.2) is 36.4 Å². The van der Waals surface area contributed by atoms with Crippen molar-refractivity contribution in [2.75, 3.05) is 0 Å². The molecule has 11 heteroatoms. The van der Waals surface area contributed by atoms with Gasteiger partial charge in [0.2, 0.25) is 0 Å². The van der Waals surface area contributed by atoms with Crippen LogP contribution in [0.2, 0.25) is 0 Å². The van der Waals surface area contributed by atoms with E-state index in [1.807, 2.05) is 0 Å². The second-order valence-electron chi connectivity index (χ2n) is 5.63. The minimum atomic E-state index is -6.00. The van der Waals surface area contributed by atoms with Gasteiger partial charge in [-0.15, -0.1) is 12.8 Å². The highest BCUT2D eigenvalue weighted by atomic mass is 33.6. The van der Waals surface area contributed by atoms with Crippen LogP contribution in [0.1, 0.15) is 22.3 Å². The third kappa shape index (κ3) is 4.38. The quantitative estimate of drug-likeness (QED) is 0.477. The fraction of sp³-hybridized carbons (Fsp3) is 0.111. The molecule has 2 rings (SSSR count). The van der Waals surface area contributed by atoms with Gasteiger partial charge in [-0.25, -0.2) is 0 Å². The second kappa shape index (κ2) is 7.79. The maximum atomic E-state index is 12.2. The first-order chi connectivity index (χ1) is 13.3. The van der Waals surface area contributed by atoms with Crippen LogP contribution in [0.5, 0.6) is 11.5 Å². The van der Waals surface area contributed by atoms with Crippen molar-refractivity contribution >= 4 is 26.2 Å². The molecule has 0 aliphatic heterocycles. The molecule has 0 aliphatic rings. The maximum absolute atomic E-state index is 12.2. The summed E-state index contributed by atoms with van der Waals surface area (Å²) in [6, 6.07) is 7.16. The standard InChI is InChI=1S/C18H14O8S3/c1-5-15-11-17(9-7-13(15)3)25-27(19,20)29(23,24)28(21,22)26-18-10-8-14(4)16(6-2)12-18/h1-2,7-12H,3-4H3. The topological polar surface area (TPSA) is 121 Å². The normalized spacial score (nSPS) is 11.9. The highest BCUT2D eigenvalue weighted by molar-refractivity contribution is 8.97. The van der Waals surface area contributed by atoms with Gasteiger partial charge in [-0.3, -0.25) is 0 Å². The van der Waals surface area contributed by atoms with Gasteiger partial charge in [0.15, 0.2) is 0 Å². The molecule has 0 saturated heterocycles. The molecule has 0 amide bonds. The molecule has 0 aromatic heterocycles. The summed E-state index contributed by atoms with van der Waals surface area (Å²) < 4.78 is 82.0. The van der Waals surface area contributed by atoms with Crippen LogP contribution in [0.25, 0.3) is 0 Å². The first-order valence-corrected chi connectivity index (χ1v) is 13.0. The SMILES string of the molecule is C#Cc1cc(OS(=O)(=O)S(=O)(=O)S(=O)(=O)Oc2ccc(C)c(C#C)c2)ccc1C. The van der Waals surface area contributed by atoms with Gasteiger partial charge in [0.05, 0.1) is 0 Å². The van der Waals surface area contributed by atoms with Gasteiger partial charge in [0.1, 0.15) is 11.5 Å². The summed E-state index contributed by atoms with van der Waals surface area (Å²) in [5.74, 6) is 3.55. The number of aryl methyl sites for hydroxylation is 2. The van der Waals surface area contributed by atoms with Crippen molar-refractivity contribution in [1.82, 2.24) is 0 Å². The molecule has 0 radical (unpaired) electrons. The molecule has 0 heterocycles. The molecule has 0 bridgehead atoms. The molecule has 0 N–H and O–H groups in total. The van der Waals surface area contributed by atoms with Gasteiger partial charge in [-0.05, 0) is 49.2 Å². The van der Waals surface area contributed by atoms with Crippen LogP contribution in [-0.2, 0) is 26.2 Å². The van der Waals surface area contributed by atoms with Crippen LogP contribution >= 0.6 is 0 Å². The fourth-order valence-electron chi connectivity index (χ4n) is 2.04. The van der Waals surface area contributed by atoms with Gasteiger partial charge in [0, 0.05) is 11.1 Å². The van der Waals surface area contributed by atoms with Crippen molar-refractivity contribution < 1.29 is 33.6 Å². The molecular weight excluding hydrogens is 440 g/mol. The van der Waals surface area contributed by atoms with E-state index in [0.29, 0.717) is 11.1 Å². The zero-order chi connectivity index (χ0) is 22.0. The zero-order valence-corrected chi connectivity index (χ0v) is 17.6. The van der Waals surface area contributed by atoms with E-state index < -0.39 is 37.7 Å². The molecule has 0 unspecified atom stereocenters. The van der Waals surface area contributed by atoms with Gasteiger partial charge in [-0.2, -0.15) is 25.3 Å². The minimum Gasteiger partial charge on any atom is -0.371 e. The van der Waals surface area contributed by atoms with Crippen LogP contribution in [0, 0.1) is 38.5 Å². The predicted molar refractivity (Wildman–Crippen MR) is 106 cm³/mol. The lowest BCUT2D eigenvalue weighted by Crippen LogP contribution is -2.31. The Morgan fingerprint density at radius 3 is 1.34 bits per heavy atom. The second-order valence-corrected chi connectivity index (χ2v) is 14.1. The van der Waals surface area contributed by atoms with Crippen LogP contribution in [0.3, 0.4) is 0 Å². The Kier molecular flexibility index (Phi) is 5.99. The lowest BCUT2D eigenvalue weighted by Gasteiger charge is -2.11. The predicted octanol–water partition coefficient (Wildman–Crippen LogP) is 1.63. The van der Waals surface area contributed by atoms with Crippen molar-refractivity contribution in [3.63, 3.8) is 0 Å². The molecule has 152 valence electrons. The van der Waals surface area contributed by atoms with Crippen LogP contribution < -0.4 is 8.37 Å². The lowest BCUT2D eigenvalue weighted by molar-refractivity contribution is 0.487. The summed E-state index contributed by atoms with van der Waals surface area (Å²) in [5.41, 5.74) is 1.66. The lowest BCUT2D eigenvalue weighted by atomic mass is 10.1. The monoisotopic (exact) mass is 454 g/mol. The van der Waals surface area contributed by atoms with Crippen LogP contribution in [0.4, 0.5) is 0 Å². The Morgan fingerprint density at radius 2 is 1.03 bits per heavy atom. The third-order valence-corrected chi connectivity index (χ3v) is 11.8. The number of hydrogen-bond acceptors (Lipinski definition) is 8. The molecule has 0 fully saturated rings. The highest BCUT2D eigenvalue weighted by Gasteiger charge is 2.47. The molecule has 0 spiro atoms. The van der Waals surface area contributed by atoms with E-state index in [0.717, 1.165) is 24.3 Å². The van der Waals surface area contributed by atoms with Crippen molar-refractivity contribution in [2.45, 2.75) is 13.8 Å². The Balaban J connectivity index is 2.41. The van der Waals surface area contributed by atoms with Crippen molar-refractivity contribution in [2.24, 2.45) is 0 Å². The summed E-state index contributed by atoms with van der Waals surface area (Å²) in [6.45, 7) is 3.27. The van der Waals surface area contributed by atoms with E-state index in [1.54, 1.807) is 13.8 Å². The Labute approximate surface area is 168 Å². The Hall–Kier alpha value is -2.99. The smallest absolute Gasteiger partial charge is 0.371 e. The number of hydrogen-bond donors (Lipinski definition) is 0. The van der Waals surface area contributed by atoms with E-state index in [-0.39, 0.29) is 11.1 Å². The number of rotatable bonds is 6. The summed E-state index contributed by atoms with van der Waals surface area (Å²) in [6.07, 6.45) is 10.5. The highest BCUT2D eigenvalue weighted by Crippen LogP contribution is 2.25. The molecule has 2 aromatic carbocycles. The maximum Gasteiger partial charge on any atom is 0.436 e. The van der Waals surface area contributed by atoms with E-state index >= 15 is 0 Å². The average molecular weight is 455 g/mol. The largest absolute Gasteiger partial charge is 0.436 e. The van der Waals surface area contributed by atoms with E-state index in [2.05, 4.69) is 20.2 Å². The molecule has 2 aromatic rings. The zero-order valence-electron chi connectivity index (χ0n) is 15.1. The molecule has 0 atom stereocenters. The van der Waals surface area contributed by atoms with Crippen molar-refractivity contribution in [3.8, 4) is 36.2 Å². The van der Waals surface area contributed by atoms with Gasteiger partial charge >= 0.3 is 26.2 Å². The average Bonchev–Trinajstić information content (AvgIpc) is 2.64. The third-order valence-electron chi connectivity index (χ3n) is 3.63. The van der Waals surface area contributed by atoms with E-state index in [1.165, 1.54) is 12.1 Å². The number of benzene rings is 2. The number of terminal acetylenes is 2. The molecule has 29 heavy (non-hydrogen) atoms. The van der Waals surface area contributed by atoms with Crippen LogP contribution in [-0.4, -0.2) is 25.3 Å². The summed E-state index contributed by atoms with van der Waals surface area (Å²) in [4.78, 5) is 0. The summed E-state index contributed by atoms with van der Waals surface area (Å²) >= 11 is 0. The fourth-order valence-corrected chi connectivity index (χ4v) is 7.01. The van der Waals surface area contributed by atoms with Gasteiger partial charge in [0.25, 0.3) is 0 Å². The summed E-state index contributed by atoms with van der Waals surface area (Å²) in [7, 11) is -17.4. The molecule has 0 saturated carbocycles. The Bertz CT molecular complexity index is 1270. The van der Waals surface area contributed by atoms with E-state index in [9.17, 15) is 25.3 Å². The summed E-state index contributed by atoms with van der Waals surface area (Å²) in [5, 5.41) is 0. The minimum absolute atomic E-state index is 0.232. The van der Waals surface area contributed by atoms with Crippen molar-refractivity contribution in [3.05, 3.63) is 58.7 Å². The van der Waals surface area contributed by atoms with Crippen molar-refractivity contribution in [1.29, 1.82) is 0 Å². The molecular formula is C18H14O8S3. The van der Waals surface area contributed by atoms with Gasteiger partial charge < -0.3 is 8.37 Å². The first-order valence-electron chi connectivity index (χ1n) is 7.63. The van der Waals surface area contributed by atoms with E-state index in [4.69, 9.17) is 12.8 Å². The van der Waals surface area contributed by atoms with Gasteiger partial charge in [-0.1, -0.05) is 24.0 Å². The molecule has 0 aliphatic carbocycles. The Morgan fingerprint density at radius 1 is 0.690 bits per heavy atom. The first kappa shape index (κ1) is 22.3.